The lowest BCUT2D eigenvalue weighted by Crippen LogP contribution is -2.41. The molecule has 0 unspecified atom stereocenters. The first-order chi connectivity index (χ1) is 17.5. The lowest BCUT2D eigenvalue weighted by Gasteiger charge is -2.39. The summed E-state index contributed by atoms with van der Waals surface area (Å²) in [7, 11) is 0. The molecular formula is C29H32N6S. The van der Waals surface area contributed by atoms with Gasteiger partial charge in [0.2, 0.25) is 0 Å². The molecule has 0 radical (unpaired) electrons. The number of fused-ring (bicyclic) bond motifs is 2. The van der Waals surface area contributed by atoms with E-state index in [0.717, 1.165) is 44.8 Å². The van der Waals surface area contributed by atoms with E-state index in [1.807, 2.05) is 41.2 Å². The van der Waals surface area contributed by atoms with Gasteiger partial charge in [0.1, 0.15) is 5.03 Å². The highest BCUT2D eigenvalue weighted by Crippen LogP contribution is 2.40. The number of rotatable bonds is 3. The van der Waals surface area contributed by atoms with Crippen molar-refractivity contribution in [3.63, 3.8) is 0 Å². The Bertz CT molecular complexity index is 1400. The van der Waals surface area contributed by atoms with Crippen LogP contribution >= 0.6 is 11.8 Å². The molecule has 0 bridgehead atoms. The third-order valence-electron chi connectivity index (χ3n) is 7.07. The van der Waals surface area contributed by atoms with Gasteiger partial charge in [0.05, 0.1) is 23.3 Å². The van der Waals surface area contributed by atoms with Crippen LogP contribution in [0.15, 0.2) is 70.9 Å². The van der Waals surface area contributed by atoms with Crippen molar-refractivity contribution in [1.29, 1.82) is 0 Å². The maximum Gasteiger partial charge on any atom is 0.171 e. The molecule has 1 saturated carbocycles. The van der Waals surface area contributed by atoms with Crippen LogP contribution in [0.1, 0.15) is 64.1 Å². The van der Waals surface area contributed by atoms with Crippen LogP contribution in [0.2, 0.25) is 0 Å². The smallest absolute Gasteiger partial charge is 0.171 e. The molecule has 184 valence electrons. The molecule has 36 heavy (non-hydrogen) atoms. The Balaban J connectivity index is 1.50. The summed E-state index contributed by atoms with van der Waals surface area (Å²) in [6.45, 7) is 7.51. The van der Waals surface area contributed by atoms with E-state index >= 15 is 0 Å². The Kier molecular flexibility index (Phi) is 6.04. The summed E-state index contributed by atoms with van der Waals surface area (Å²) in [5, 5.41) is 8.28. The second kappa shape index (κ2) is 9.36. The number of hydrogen-bond acceptors (Lipinski definition) is 5. The molecule has 6 rings (SSSR count). The van der Waals surface area contributed by atoms with E-state index in [1.165, 1.54) is 37.7 Å². The molecule has 0 N–H and O–H groups in total. The first kappa shape index (κ1) is 23.2. The molecule has 4 aromatic rings. The van der Waals surface area contributed by atoms with Crippen molar-refractivity contribution in [2.24, 2.45) is 4.99 Å². The predicted molar refractivity (Wildman–Crippen MR) is 147 cm³/mol. The molecule has 0 atom stereocenters. The van der Waals surface area contributed by atoms with Crippen LogP contribution in [0.3, 0.4) is 0 Å². The van der Waals surface area contributed by atoms with Crippen molar-refractivity contribution in [3.05, 3.63) is 72.2 Å². The van der Waals surface area contributed by atoms with Gasteiger partial charge in [0.15, 0.2) is 10.8 Å². The van der Waals surface area contributed by atoms with Gasteiger partial charge < -0.3 is 4.90 Å². The Morgan fingerprint density at radius 1 is 1.00 bits per heavy atom. The zero-order chi connectivity index (χ0) is 24.7. The molecule has 1 fully saturated rings. The third-order valence-corrected chi connectivity index (χ3v) is 8.12. The monoisotopic (exact) mass is 496 g/mol. The third kappa shape index (κ3) is 4.41. The van der Waals surface area contributed by atoms with E-state index in [9.17, 15) is 0 Å². The van der Waals surface area contributed by atoms with Gasteiger partial charge >= 0.3 is 0 Å². The van der Waals surface area contributed by atoms with E-state index in [0.29, 0.717) is 6.04 Å². The summed E-state index contributed by atoms with van der Waals surface area (Å²) >= 11 is 1.68. The van der Waals surface area contributed by atoms with Gasteiger partial charge in [0, 0.05) is 35.1 Å². The maximum absolute atomic E-state index is 5.24. The quantitative estimate of drug-likeness (QED) is 0.304. The van der Waals surface area contributed by atoms with Crippen LogP contribution in [-0.2, 0) is 12.0 Å². The van der Waals surface area contributed by atoms with E-state index < -0.39 is 0 Å². The second-order valence-corrected chi connectivity index (χ2v) is 11.8. The summed E-state index contributed by atoms with van der Waals surface area (Å²) in [6, 6.07) is 17.1. The Labute approximate surface area is 216 Å². The standard InChI is InChI=1S/C29H32N6S/c1-29(2,3)25-24-17-20-19-34(22-12-6-4-7-13-22)28(31-21-11-10-16-30-18-21)36-27(20)32-26(24)35(33-25)23-14-8-5-9-15-23/h5,8-11,14-18,22H,4,6-7,12-13,19H2,1-3H3. The Morgan fingerprint density at radius 3 is 2.53 bits per heavy atom. The second-order valence-electron chi connectivity index (χ2n) is 10.8. The fourth-order valence-corrected chi connectivity index (χ4v) is 6.30. The molecule has 2 aliphatic rings. The molecular weight excluding hydrogens is 464 g/mol. The van der Waals surface area contributed by atoms with Crippen LogP contribution in [-0.4, -0.2) is 35.9 Å². The topological polar surface area (TPSA) is 59.2 Å². The van der Waals surface area contributed by atoms with Crippen molar-refractivity contribution in [3.8, 4) is 5.69 Å². The van der Waals surface area contributed by atoms with Gasteiger partial charge in [-0.05, 0) is 54.9 Å². The number of benzene rings is 1. The van der Waals surface area contributed by atoms with Gasteiger partial charge in [0.25, 0.3) is 0 Å². The van der Waals surface area contributed by atoms with Gasteiger partial charge in [-0.2, -0.15) is 5.10 Å². The largest absolute Gasteiger partial charge is 0.343 e. The van der Waals surface area contributed by atoms with Crippen LogP contribution in [0, 0.1) is 0 Å². The van der Waals surface area contributed by atoms with Crippen molar-refractivity contribution in [2.45, 2.75) is 75.9 Å². The van der Waals surface area contributed by atoms with Gasteiger partial charge in [-0.15, -0.1) is 0 Å². The zero-order valence-electron chi connectivity index (χ0n) is 21.2. The number of pyridine rings is 2. The molecule has 1 aliphatic carbocycles. The van der Waals surface area contributed by atoms with Gasteiger partial charge in [-0.3, -0.25) is 4.98 Å². The molecule has 0 saturated heterocycles. The summed E-state index contributed by atoms with van der Waals surface area (Å²) in [6.07, 6.45) is 9.97. The van der Waals surface area contributed by atoms with Crippen LogP contribution in [0.5, 0.6) is 0 Å². The molecule has 1 aromatic carbocycles. The SMILES string of the molecule is CC(C)(C)c1nn(-c2ccccc2)c2nc3c(cc12)CN(C1CCCCC1)C(=Nc1cccnc1)S3. The van der Waals surface area contributed by atoms with Crippen LogP contribution < -0.4 is 0 Å². The molecule has 0 spiro atoms. The predicted octanol–water partition coefficient (Wildman–Crippen LogP) is 7.04. The Morgan fingerprint density at radius 2 is 1.81 bits per heavy atom. The van der Waals surface area contributed by atoms with Gasteiger partial charge in [-0.25, -0.2) is 14.7 Å². The lowest BCUT2D eigenvalue weighted by atomic mass is 9.90. The zero-order valence-corrected chi connectivity index (χ0v) is 22.0. The van der Waals surface area contributed by atoms with E-state index in [4.69, 9.17) is 15.1 Å². The number of aromatic nitrogens is 4. The number of amidine groups is 1. The van der Waals surface area contributed by atoms with Crippen molar-refractivity contribution in [2.75, 3.05) is 0 Å². The minimum atomic E-state index is -0.0913. The summed E-state index contributed by atoms with van der Waals surface area (Å²) < 4.78 is 2.00. The number of hydrogen-bond donors (Lipinski definition) is 0. The highest BCUT2D eigenvalue weighted by Gasteiger charge is 2.32. The van der Waals surface area contributed by atoms with Crippen molar-refractivity contribution < 1.29 is 0 Å². The van der Waals surface area contributed by atoms with E-state index in [2.05, 4.69) is 48.9 Å². The first-order valence-electron chi connectivity index (χ1n) is 12.9. The minimum Gasteiger partial charge on any atom is -0.343 e. The average molecular weight is 497 g/mol. The number of aliphatic imine (C=N–C) groups is 1. The van der Waals surface area contributed by atoms with Crippen LogP contribution in [0.25, 0.3) is 16.7 Å². The molecule has 7 heteroatoms. The highest BCUT2D eigenvalue weighted by atomic mass is 32.2. The molecule has 4 heterocycles. The Hall–Kier alpha value is -3.19. The fraction of sp³-hybridized carbons (Fsp3) is 0.379. The van der Waals surface area contributed by atoms with Crippen LogP contribution in [0.4, 0.5) is 5.69 Å². The fourth-order valence-electron chi connectivity index (χ4n) is 5.26. The summed E-state index contributed by atoms with van der Waals surface area (Å²) in [5.41, 5.74) is 5.08. The number of para-hydroxylation sites is 1. The summed E-state index contributed by atoms with van der Waals surface area (Å²) in [5.74, 6) is 0. The molecule has 6 nitrogen and oxygen atoms in total. The average Bonchev–Trinajstić information content (AvgIpc) is 3.28. The lowest BCUT2D eigenvalue weighted by molar-refractivity contribution is 0.238. The molecule has 3 aromatic heterocycles. The van der Waals surface area contributed by atoms with Gasteiger partial charge in [-0.1, -0.05) is 58.2 Å². The normalized spacial score (nSPS) is 18.1. The van der Waals surface area contributed by atoms with Crippen molar-refractivity contribution >= 4 is 33.7 Å². The highest BCUT2D eigenvalue weighted by molar-refractivity contribution is 8.13. The molecule has 1 aliphatic heterocycles. The number of nitrogens with zero attached hydrogens (tertiary/aromatic N) is 6. The van der Waals surface area contributed by atoms with Crippen molar-refractivity contribution in [1.82, 2.24) is 24.6 Å². The first-order valence-corrected chi connectivity index (χ1v) is 13.7. The maximum atomic E-state index is 5.24. The number of thioether (sulfide) groups is 1. The van der Waals surface area contributed by atoms with E-state index in [-0.39, 0.29) is 5.41 Å². The van der Waals surface area contributed by atoms with E-state index in [1.54, 1.807) is 18.0 Å². The summed E-state index contributed by atoms with van der Waals surface area (Å²) in [4.78, 5) is 17.1. The minimum absolute atomic E-state index is 0.0913. The molecule has 0 amide bonds.